The second-order valence-corrected chi connectivity index (χ2v) is 6.30. The largest absolute Gasteiger partial charge is 0.376 e. The Morgan fingerprint density at radius 1 is 1.40 bits per heavy atom. The lowest BCUT2D eigenvalue weighted by atomic mass is 9.69. The fourth-order valence-electron chi connectivity index (χ4n) is 3.23. The van der Waals surface area contributed by atoms with Gasteiger partial charge in [-0.3, -0.25) is 0 Å². The van der Waals surface area contributed by atoms with Gasteiger partial charge in [-0.1, -0.05) is 13.8 Å². The molecule has 1 saturated carbocycles. The second kappa shape index (κ2) is 5.30. The molecule has 0 bridgehead atoms. The number of aryl methyl sites for hydroxylation is 1. The van der Waals surface area contributed by atoms with E-state index in [9.17, 15) is 0 Å². The van der Waals surface area contributed by atoms with Crippen molar-refractivity contribution in [3.05, 3.63) is 17.5 Å². The molecule has 3 N–H and O–H groups in total. The van der Waals surface area contributed by atoms with Crippen LogP contribution >= 0.6 is 0 Å². The number of nitrogens with two attached hydrogens (primary N) is 1. The molecule has 20 heavy (non-hydrogen) atoms. The first-order valence-electron chi connectivity index (χ1n) is 7.55. The van der Waals surface area contributed by atoms with Crippen LogP contribution in [-0.2, 0) is 4.74 Å². The first-order valence-corrected chi connectivity index (χ1v) is 7.55. The number of ether oxygens (including phenoxy) is 1. The molecule has 1 aliphatic carbocycles. The highest BCUT2D eigenvalue weighted by molar-refractivity contribution is 5.34. The zero-order valence-electron chi connectivity index (χ0n) is 12.5. The number of nitrogens with one attached hydrogen (secondary N) is 1. The molecule has 2 heterocycles. The van der Waals surface area contributed by atoms with Crippen LogP contribution in [0.2, 0.25) is 0 Å². The summed E-state index contributed by atoms with van der Waals surface area (Å²) >= 11 is 0. The van der Waals surface area contributed by atoms with Gasteiger partial charge in [0, 0.05) is 30.0 Å². The van der Waals surface area contributed by atoms with Gasteiger partial charge in [0.15, 0.2) is 0 Å². The van der Waals surface area contributed by atoms with E-state index in [2.05, 4.69) is 29.1 Å². The summed E-state index contributed by atoms with van der Waals surface area (Å²) in [6.07, 6.45) is 2.53. The summed E-state index contributed by atoms with van der Waals surface area (Å²) < 4.78 is 5.84. The molecule has 0 radical (unpaired) electrons. The molecule has 2 aliphatic rings. The van der Waals surface area contributed by atoms with Gasteiger partial charge >= 0.3 is 0 Å². The summed E-state index contributed by atoms with van der Waals surface area (Å²) in [5.74, 6) is 1.57. The highest BCUT2D eigenvalue weighted by atomic mass is 16.5. The second-order valence-electron chi connectivity index (χ2n) is 6.30. The van der Waals surface area contributed by atoms with Gasteiger partial charge in [-0.2, -0.15) is 0 Å². The van der Waals surface area contributed by atoms with Crippen LogP contribution in [0.5, 0.6) is 0 Å². The molecule has 4 unspecified atom stereocenters. The number of aromatic nitrogens is 2. The van der Waals surface area contributed by atoms with E-state index in [-0.39, 0.29) is 18.2 Å². The van der Waals surface area contributed by atoms with Crippen molar-refractivity contribution >= 4 is 5.95 Å². The van der Waals surface area contributed by atoms with E-state index in [1.165, 1.54) is 6.42 Å². The van der Waals surface area contributed by atoms with Gasteiger partial charge in [0.2, 0.25) is 5.95 Å². The van der Waals surface area contributed by atoms with E-state index < -0.39 is 0 Å². The molecule has 3 rings (SSSR count). The monoisotopic (exact) mass is 276 g/mol. The van der Waals surface area contributed by atoms with Crippen molar-refractivity contribution in [1.82, 2.24) is 9.97 Å². The molecule has 1 aromatic heterocycles. The molecule has 1 aromatic rings. The number of anilines is 1. The van der Waals surface area contributed by atoms with Crippen molar-refractivity contribution in [3.63, 3.8) is 0 Å². The summed E-state index contributed by atoms with van der Waals surface area (Å²) in [6, 6.07) is 2.32. The minimum atomic E-state index is 0.141. The standard InChI is InChI=1S/C15H24N4O/c1-8(2)11-7-9(3)17-15(18-11)19-13-12(16)10-5-4-6-20-14(10)13/h7-8,10,12-14H,4-6,16H2,1-3H3,(H,17,18,19). The van der Waals surface area contributed by atoms with E-state index in [4.69, 9.17) is 10.5 Å². The first kappa shape index (κ1) is 13.8. The van der Waals surface area contributed by atoms with E-state index in [1.54, 1.807) is 0 Å². The lowest BCUT2D eigenvalue weighted by molar-refractivity contribution is -0.104. The van der Waals surface area contributed by atoms with Gasteiger partial charge in [0.25, 0.3) is 0 Å². The van der Waals surface area contributed by atoms with Crippen molar-refractivity contribution in [2.75, 3.05) is 11.9 Å². The molecule has 5 nitrogen and oxygen atoms in total. The topological polar surface area (TPSA) is 73.1 Å². The van der Waals surface area contributed by atoms with E-state index in [0.717, 1.165) is 24.4 Å². The van der Waals surface area contributed by atoms with Crippen LogP contribution in [0.4, 0.5) is 5.95 Å². The van der Waals surface area contributed by atoms with Crippen LogP contribution in [0.3, 0.4) is 0 Å². The fraction of sp³-hybridized carbons (Fsp3) is 0.733. The lowest BCUT2D eigenvalue weighted by Gasteiger charge is -2.52. The average Bonchev–Trinajstić information content (AvgIpc) is 2.43. The normalized spacial score (nSPS) is 32.6. The van der Waals surface area contributed by atoms with Crippen LogP contribution in [0.15, 0.2) is 6.07 Å². The van der Waals surface area contributed by atoms with Crippen molar-refractivity contribution in [2.45, 2.75) is 57.7 Å². The maximum atomic E-state index is 6.26. The van der Waals surface area contributed by atoms with Crippen LogP contribution in [-0.4, -0.2) is 34.8 Å². The third-order valence-electron chi connectivity index (χ3n) is 4.44. The van der Waals surface area contributed by atoms with Crippen LogP contribution in [0, 0.1) is 12.8 Å². The SMILES string of the molecule is Cc1cc(C(C)C)nc(NC2C(N)C3CCCOC32)n1. The summed E-state index contributed by atoms with van der Waals surface area (Å²) in [5, 5.41) is 3.39. The molecule has 2 fully saturated rings. The van der Waals surface area contributed by atoms with E-state index >= 15 is 0 Å². The smallest absolute Gasteiger partial charge is 0.223 e. The lowest BCUT2D eigenvalue weighted by Crippen LogP contribution is -2.69. The third kappa shape index (κ3) is 2.40. The predicted octanol–water partition coefficient (Wildman–Crippen LogP) is 1.83. The van der Waals surface area contributed by atoms with Crippen LogP contribution in [0.25, 0.3) is 0 Å². The molecular weight excluding hydrogens is 252 g/mol. The zero-order chi connectivity index (χ0) is 14.3. The Bertz CT molecular complexity index is 491. The van der Waals surface area contributed by atoms with Crippen molar-refractivity contribution in [1.29, 1.82) is 0 Å². The van der Waals surface area contributed by atoms with Crippen molar-refractivity contribution in [2.24, 2.45) is 11.7 Å². The fourth-order valence-corrected chi connectivity index (χ4v) is 3.23. The van der Waals surface area contributed by atoms with Gasteiger partial charge in [0.05, 0.1) is 12.1 Å². The molecule has 5 heteroatoms. The quantitative estimate of drug-likeness (QED) is 0.881. The molecule has 0 aromatic carbocycles. The summed E-state index contributed by atoms with van der Waals surface area (Å²) in [4.78, 5) is 9.07. The molecule has 1 saturated heterocycles. The Balaban J connectivity index is 1.74. The zero-order valence-corrected chi connectivity index (χ0v) is 12.5. The summed E-state index contributed by atoms with van der Waals surface area (Å²) in [6.45, 7) is 7.12. The third-order valence-corrected chi connectivity index (χ3v) is 4.44. The minimum Gasteiger partial charge on any atom is -0.376 e. The Morgan fingerprint density at radius 3 is 2.95 bits per heavy atom. The Morgan fingerprint density at radius 2 is 2.20 bits per heavy atom. The Hall–Kier alpha value is -1.20. The van der Waals surface area contributed by atoms with Gasteiger partial charge in [-0.25, -0.2) is 9.97 Å². The van der Waals surface area contributed by atoms with Gasteiger partial charge in [-0.05, 0) is 31.7 Å². The molecular formula is C15H24N4O. The average molecular weight is 276 g/mol. The van der Waals surface area contributed by atoms with Crippen molar-refractivity contribution < 1.29 is 4.74 Å². The van der Waals surface area contributed by atoms with Crippen LogP contribution < -0.4 is 11.1 Å². The molecule has 0 spiro atoms. The van der Waals surface area contributed by atoms with E-state index in [0.29, 0.717) is 17.8 Å². The highest BCUT2D eigenvalue weighted by Crippen LogP contribution is 2.38. The number of hydrogen-bond acceptors (Lipinski definition) is 5. The number of fused-ring (bicyclic) bond motifs is 1. The van der Waals surface area contributed by atoms with E-state index in [1.807, 2.05) is 13.0 Å². The first-order chi connectivity index (χ1) is 9.56. The predicted molar refractivity (Wildman–Crippen MR) is 78.7 cm³/mol. The van der Waals surface area contributed by atoms with Gasteiger partial charge < -0.3 is 15.8 Å². The molecule has 0 amide bonds. The van der Waals surface area contributed by atoms with Crippen molar-refractivity contribution in [3.8, 4) is 0 Å². The van der Waals surface area contributed by atoms with Gasteiger partial charge in [-0.15, -0.1) is 0 Å². The maximum absolute atomic E-state index is 6.26. The minimum absolute atomic E-state index is 0.141. The Labute approximate surface area is 120 Å². The number of nitrogens with zero attached hydrogens (tertiary/aromatic N) is 2. The molecule has 4 atom stereocenters. The summed E-state index contributed by atoms with van der Waals surface area (Å²) in [7, 11) is 0. The summed E-state index contributed by atoms with van der Waals surface area (Å²) in [5.41, 5.74) is 8.31. The maximum Gasteiger partial charge on any atom is 0.223 e. The Kier molecular flexibility index (Phi) is 3.65. The van der Waals surface area contributed by atoms with Crippen LogP contribution in [0.1, 0.15) is 44.0 Å². The number of hydrogen-bond donors (Lipinski definition) is 2. The number of rotatable bonds is 3. The molecule has 110 valence electrons. The van der Waals surface area contributed by atoms with Gasteiger partial charge in [0.1, 0.15) is 0 Å². The molecule has 1 aliphatic heterocycles. The highest BCUT2D eigenvalue weighted by Gasteiger charge is 2.50.